The number of hydrogen-bond donors (Lipinski definition) is 0. The monoisotopic (exact) mass is 857 g/mol. The average Bonchev–Trinajstić information content (AvgIpc) is 3.48. The summed E-state index contributed by atoms with van der Waals surface area (Å²) in [5, 5.41) is 3.08. The molecule has 49 heavy (non-hydrogen) atoms. The first kappa shape index (κ1) is 36.5. The zero-order valence-electron chi connectivity index (χ0n) is 29.1. The van der Waals surface area contributed by atoms with Crippen molar-refractivity contribution in [1.29, 1.82) is 0 Å². The van der Waals surface area contributed by atoms with Gasteiger partial charge in [-0.05, 0) is 67.1 Å². The molecule has 0 aliphatic carbocycles. The van der Waals surface area contributed by atoms with Crippen LogP contribution in [0.2, 0.25) is 19.6 Å². The molecule has 3 aromatic heterocycles. The maximum atomic E-state index is 14.8. The third-order valence-corrected chi connectivity index (χ3v) is 11.9. The third-order valence-electron chi connectivity index (χ3n) is 8.66. The fourth-order valence-electron chi connectivity index (χ4n) is 6.00. The molecule has 2 nitrogen and oxygen atoms in total. The standard InChI is InChI=1S/C26H19FNS.C17H22NSi.Ir/c1-16(2)18-12-13-28-23(14-18)20-10-11-22(27)25-21-9-8-19(15-24(21)29-26(20)25)17-6-4-3-5-7-17;1-13(2)15-11-16(14-9-7-6-8-10-14)18-12-17(15)19(3,4)5;/h3-9,11-16H,1-2H3;6-9,11-13H,1-5H3;/q2*-1;. The third kappa shape index (κ3) is 8.00. The van der Waals surface area contributed by atoms with E-state index in [0.717, 1.165) is 48.4 Å². The minimum absolute atomic E-state index is 0. The van der Waals surface area contributed by atoms with Crippen LogP contribution in [-0.4, -0.2) is 18.0 Å². The SMILES string of the molecule is CC(C)c1cc(-c2[c-]cccc2)ncc1[Si](C)(C)C.CC(C)c1ccnc(-c2[c-]cc(F)c3c2sc2cc(-c4ccccc4)ccc23)c1.[Ir]. The Bertz CT molecular complexity index is 2190. The van der Waals surface area contributed by atoms with Gasteiger partial charge >= 0.3 is 0 Å². The molecule has 0 saturated heterocycles. The van der Waals surface area contributed by atoms with Crippen molar-refractivity contribution in [3.8, 4) is 33.6 Å². The van der Waals surface area contributed by atoms with Crippen molar-refractivity contribution in [2.45, 2.75) is 59.2 Å². The summed E-state index contributed by atoms with van der Waals surface area (Å²) in [7, 11) is -1.34. The number of fused-ring (bicyclic) bond motifs is 3. The fourth-order valence-corrected chi connectivity index (χ4v) is 8.94. The van der Waals surface area contributed by atoms with E-state index < -0.39 is 8.07 Å². The zero-order chi connectivity index (χ0) is 34.0. The van der Waals surface area contributed by atoms with Crippen molar-refractivity contribution < 1.29 is 24.5 Å². The molecule has 1 radical (unpaired) electrons. The number of halogens is 1. The van der Waals surface area contributed by atoms with Crippen LogP contribution in [0, 0.1) is 17.9 Å². The van der Waals surface area contributed by atoms with Gasteiger partial charge in [-0.3, -0.25) is 4.39 Å². The molecule has 7 rings (SSSR count). The van der Waals surface area contributed by atoms with E-state index in [-0.39, 0.29) is 25.9 Å². The van der Waals surface area contributed by atoms with Crippen molar-refractivity contribution >= 4 is 44.8 Å². The number of thiophene rings is 1. The topological polar surface area (TPSA) is 25.8 Å². The molecule has 0 amide bonds. The Morgan fingerprint density at radius 3 is 2.18 bits per heavy atom. The van der Waals surface area contributed by atoms with Crippen LogP contribution >= 0.6 is 11.3 Å². The number of hydrogen-bond acceptors (Lipinski definition) is 3. The first-order valence-electron chi connectivity index (χ1n) is 16.6. The molecule has 4 aromatic carbocycles. The molecule has 6 heteroatoms. The molecular formula is C43H41FIrN2SSi-2. The Kier molecular flexibility index (Phi) is 11.5. The summed E-state index contributed by atoms with van der Waals surface area (Å²) in [6.45, 7) is 16.0. The molecule has 0 bridgehead atoms. The van der Waals surface area contributed by atoms with Crippen molar-refractivity contribution in [3.63, 3.8) is 0 Å². The van der Waals surface area contributed by atoms with Gasteiger partial charge in [-0.25, -0.2) is 0 Å². The van der Waals surface area contributed by atoms with Crippen molar-refractivity contribution in [2.24, 2.45) is 0 Å². The van der Waals surface area contributed by atoms with Crippen LogP contribution in [0.25, 0.3) is 53.8 Å². The van der Waals surface area contributed by atoms with E-state index in [1.807, 2.05) is 54.7 Å². The number of rotatable bonds is 6. The van der Waals surface area contributed by atoms with Gasteiger partial charge in [-0.2, -0.15) is 11.3 Å². The maximum Gasteiger partial charge on any atom is 0.0799 e. The molecule has 0 atom stereocenters. The van der Waals surface area contributed by atoms with E-state index in [0.29, 0.717) is 17.2 Å². The number of nitrogens with zero attached hydrogens (tertiary/aromatic N) is 2. The van der Waals surface area contributed by atoms with Gasteiger partial charge in [0, 0.05) is 43.0 Å². The summed E-state index contributed by atoms with van der Waals surface area (Å²) < 4.78 is 16.8. The molecule has 251 valence electrons. The van der Waals surface area contributed by atoms with E-state index in [1.54, 1.807) is 11.3 Å². The Hall–Kier alpha value is -3.80. The predicted octanol–water partition coefficient (Wildman–Crippen LogP) is 12.1. The smallest absolute Gasteiger partial charge is 0.0799 e. The second-order valence-corrected chi connectivity index (χ2v) is 20.0. The van der Waals surface area contributed by atoms with Gasteiger partial charge in [0.15, 0.2) is 0 Å². The average molecular weight is 857 g/mol. The van der Waals surface area contributed by atoms with E-state index in [9.17, 15) is 4.39 Å². The molecule has 0 saturated carbocycles. The predicted molar refractivity (Wildman–Crippen MR) is 206 cm³/mol. The molecular weight excluding hydrogens is 816 g/mol. The summed E-state index contributed by atoms with van der Waals surface area (Å²) in [4.78, 5) is 9.22. The van der Waals surface area contributed by atoms with E-state index in [1.165, 1.54) is 22.4 Å². The van der Waals surface area contributed by atoms with Gasteiger partial charge < -0.3 is 9.97 Å². The largest absolute Gasteiger partial charge is 0.305 e. The molecule has 0 spiro atoms. The Labute approximate surface area is 308 Å². The minimum atomic E-state index is -1.34. The van der Waals surface area contributed by atoms with Gasteiger partial charge in [-0.15, -0.1) is 53.6 Å². The van der Waals surface area contributed by atoms with Crippen LogP contribution in [0.5, 0.6) is 0 Å². The molecule has 0 fully saturated rings. The summed E-state index contributed by atoms with van der Waals surface area (Å²) in [5.74, 6) is 0.707. The quantitative estimate of drug-likeness (QED) is 0.123. The fraction of sp³-hybridized carbons (Fsp3) is 0.209. The Balaban J connectivity index is 0.000000205. The summed E-state index contributed by atoms with van der Waals surface area (Å²) in [6, 6.07) is 38.8. The molecule has 0 aliphatic heterocycles. The number of benzene rings is 4. The van der Waals surface area contributed by atoms with Gasteiger partial charge in [0.25, 0.3) is 0 Å². The normalized spacial score (nSPS) is 11.5. The summed E-state index contributed by atoms with van der Waals surface area (Å²) in [6.07, 6.45) is 3.92. The van der Waals surface area contributed by atoms with Gasteiger partial charge in [-0.1, -0.05) is 113 Å². The van der Waals surface area contributed by atoms with Gasteiger partial charge in [0.1, 0.15) is 0 Å². The van der Waals surface area contributed by atoms with Gasteiger partial charge in [0.2, 0.25) is 0 Å². The Morgan fingerprint density at radius 2 is 1.51 bits per heavy atom. The molecule has 0 N–H and O–H groups in total. The summed E-state index contributed by atoms with van der Waals surface area (Å²) in [5.41, 5.74) is 8.77. The second kappa shape index (κ2) is 15.4. The number of aromatic nitrogens is 2. The molecule has 7 aromatic rings. The first-order valence-corrected chi connectivity index (χ1v) is 20.9. The van der Waals surface area contributed by atoms with Crippen LogP contribution in [0.3, 0.4) is 0 Å². The van der Waals surface area contributed by atoms with Crippen molar-refractivity contribution in [3.05, 3.63) is 139 Å². The molecule has 0 unspecified atom stereocenters. The summed E-state index contributed by atoms with van der Waals surface area (Å²) >= 11 is 1.61. The Morgan fingerprint density at radius 1 is 0.755 bits per heavy atom. The van der Waals surface area contributed by atoms with Crippen molar-refractivity contribution in [2.75, 3.05) is 0 Å². The number of pyridine rings is 2. The zero-order valence-corrected chi connectivity index (χ0v) is 33.3. The van der Waals surface area contributed by atoms with Crippen LogP contribution in [0.1, 0.15) is 50.7 Å². The minimum Gasteiger partial charge on any atom is -0.305 e. The first-order chi connectivity index (χ1) is 23.0. The maximum absolute atomic E-state index is 14.8. The molecule has 0 aliphatic rings. The van der Waals surface area contributed by atoms with Gasteiger partial charge in [0.05, 0.1) is 8.07 Å². The van der Waals surface area contributed by atoms with Crippen LogP contribution in [0.4, 0.5) is 4.39 Å². The molecule has 3 heterocycles. The van der Waals surface area contributed by atoms with Crippen molar-refractivity contribution in [1.82, 2.24) is 9.97 Å². The second-order valence-electron chi connectivity index (χ2n) is 13.9. The van der Waals surface area contributed by atoms with Crippen LogP contribution < -0.4 is 5.19 Å². The van der Waals surface area contributed by atoms with Crippen LogP contribution in [0.15, 0.2) is 109 Å². The van der Waals surface area contributed by atoms with E-state index >= 15 is 0 Å². The van der Waals surface area contributed by atoms with E-state index in [2.05, 4.69) is 118 Å². The van der Waals surface area contributed by atoms with Crippen LogP contribution in [-0.2, 0) is 20.1 Å². The van der Waals surface area contributed by atoms with E-state index in [4.69, 9.17) is 0 Å².